The fourth-order valence-electron chi connectivity index (χ4n) is 3.96. The molecule has 2 atom stereocenters. The molecule has 0 radical (unpaired) electrons. The number of hydrogen-bond acceptors (Lipinski definition) is 4. The van der Waals surface area contributed by atoms with E-state index < -0.39 is 11.3 Å². The van der Waals surface area contributed by atoms with Crippen LogP contribution in [0.15, 0.2) is 24.3 Å². The Kier molecular flexibility index (Phi) is 4.27. The molecule has 3 rings (SSSR count). The van der Waals surface area contributed by atoms with Gasteiger partial charge in [-0.05, 0) is 24.7 Å². The average molecular weight is 349 g/mol. The molecule has 2 unspecified atom stereocenters. The second-order valence-corrected chi connectivity index (χ2v) is 6.75. The molecular weight excluding hydrogens is 326 g/mol. The van der Waals surface area contributed by atoms with Gasteiger partial charge < -0.3 is 25.3 Å². The molecule has 1 amide bonds. The van der Waals surface area contributed by atoms with Gasteiger partial charge in [0.1, 0.15) is 0 Å². The third kappa shape index (κ3) is 2.01. The minimum atomic E-state index is -1.60. The predicted octanol–water partition coefficient (Wildman–Crippen LogP) is 0.919. The Labute approximate surface area is 147 Å². The first-order valence-electron chi connectivity index (χ1n) is 8.24. The van der Waals surface area contributed by atoms with Crippen molar-refractivity contribution >= 4 is 28.9 Å². The van der Waals surface area contributed by atoms with Crippen molar-refractivity contribution in [1.82, 2.24) is 10.2 Å². The highest BCUT2D eigenvalue weighted by Crippen LogP contribution is 2.51. The number of hydrogen-bond donors (Lipinski definition) is 3. The van der Waals surface area contributed by atoms with E-state index in [0.717, 1.165) is 12.8 Å². The largest absolute Gasteiger partial charge is 0.395 e. The highest BCUT2D eigenvalue weighted by Gasteiger charge is 2.69. The molecule has 3 N–H and O–H groups in total. The maximum atomic E-state index is 13.4. The van der Waals surface area contributed by atoms with Crippen LogP contribution in [0.2, 0.25) is 0 Å². The van der Waals surface area contributed by atoms with E-state index in [1.54, 1.807) is 16.8 Å². The Hall–Kier alpha value is -1.70. The van der Waals surface area contributed by atoms with E-state index in [9.17, 15) is 15.0 Å². The number of thiocarbonyl (C=S) groups is 1. The van der Waals surface area contributed by atoms with Crippen molar-refractivity contribution in [3.8, 4) is 0 Å². The number of nitrogens with zero attached hydrogens (tertiary/aromatic N) is 2. The molecule has 1 fully saturated rings. The number of nitrogens with one attached hydrogen (secondary N) is 1. The van der Waals surface area contributed by atoms with Crippen LogP contribution in [0.5, 0.6) is 0 Å². The summed E-state index contributed by atoms with van der Waals surface area (Å²) >= 11 is 5.41. The summed E-state index contributed by atoms with van der Waals surface area (Å²) in [5.74, 6) is -0.210. The number of aliphatic hydroxyl groups excluding tert-OH is 1. The Bertz CT molecular complexity index is 683. The molecule has 0 spiro atoms. The van der Waals surface area contributed by atoms with Gasteiger partial charge in [-0.3, -0.25) is 4.79 Å². The Morgan fingerprint density at radius 1 is 1.33 bits per heavy atom. The van der Waals surface area contributed by atoms with Gasteiger partial charge in [0.05, 0.1) is 12.3 Å². The van der Waals surface area contributed by atoms with Gasteiger partial charge in [0.2, 0.25) is 0 Å². The second kappa shape index (κ2) is 5.98. The van der Waals surface area contributed by atoms with Crippen molar-refractivity contribution in [3.05, 3.63) is 29.8 Å². The lowest BCUT2D eigenvalue weighted by atomic mass is 9.73. The molecule has 2 aliphatic rings. The Balaban J connectivity index is 2.26. The van der Waals surface area contributed by atoms with Crippen LogP contribution in [0.4, 0.5) is 5.69 Å². The first kappa shape index (κ1) is 17.1. The van der Waals surface area contributed by atoms with Crippen LogP contribution < -0.4 is 10.2 Å². The van der Waals surface area contributed by atoms with Crippen molar-refractivity contribution in [3.63, 3.8) is 0 Å². The fourth-order valence-corrected chi connectivity index (χ4v) is 4.36. The first-order chi connectivity index (χ1) is 11.4. The number of anilines is 1. The van der Waals surface area contributed by atoms with Crippen LogP contribution in [-0.2, 0) is 10.5 Å². The molecule has 0 bridgehead atoms. The molecule has 1 aromatic carbocycles. The summed E-state index contributed by atoms with van der Waals surface area (Å²) in [6.45, 7) is 2.09. The van der Waals surface area contributed by atoms with Crippen molar-refractivity contribution in [2.75, 3.05) is 25.1 Å². The number of amides is 1. The zero-order chi connectivity index (χ0) is 17.5. The molecular formula is C17H23N3O3S. The molecule has 7 heteroatoms. The molecule has 24 heavy (non-hydrogen) atoms. The zero-order valence-corrected chi connectivity index (χ0v) is 14.8. The number of rotatable bonds is 5. The second-order valence-electron chi connectivity index (χ2n) is 6.36. The molecule has 0 aliphatic carbocycles. The van der Waals surface area contributed by atoms with Gasteiger partial charge in [0.25, 0.3) is 5.91 Å². The highest BCUT2D eigenvalue weighted by molar-refractivity contribution is 7.80. The Morgan fingerprint density at radius 3 is 2.71 bits per heavy atom. The van der Waals surface area contributed by atoms with Gasteiger partial charge in [-0.15, -0.1) is 0 Å². The number of benzene rings is 1. The van der Waals surface area contributed by atoms with E-state index >= 15 is 0 Å². The number of para-hydroxylation sites is 1. The quantitative estimate of drug-likeness (QED) is 0.687. The van der Waals surface area contributed by atoms with Gasteiger partial charge in [-0.1, -0.05) is 38.0 Å². The smallest absolute Gasteiger partial charge is 0.258 e. The van der Waals surface area contributed by atoms with Crippen molar-refractivity contribution in [2.45, 2.75) is 37.5 Å². The first-order valence-corrected chi connectivity index (χ1v) is 8.65. The summed E-state index contributed by atoms with van der Waals surface area (Å²) in [7, 11) is 1.72. The summed E-state index contributed by atoms with van der Waals surface area (Å²) in [5, 5.41) is 24.4. The number of likely N-dealkylation sites (N-methyl/N-ethyl adjacent to an activating group) is 1. The molecule has 2 aliphatic heterocycles. The van der Waals surface area contributed by atoms with E-state index in [-0.39, 0.29) is 19.1 Å². The van der Waals surface area contributed by atoms with Crippen molar-refractivity contribution < 1.29 is 15.0 Å². The maximum Gasteiger partial charge on any atom is 0.258 e. The third-order valence-electron chi connectivity index (χ3n) is 5.12. The number of β-amino-alcohol motifs (C(OH)–C–C–N with tert-alkyl or cyclic N) is 1. The number of carbonyl (C=O) groups excluding carboxylic acids is 1. The lowest BCUT2D eigenvalue weighted by Crippen LogP contribution is -2.70. The zero-order valence-electron chi connectivity index (χ0n) is 14.0. The number of aliphatic hydroxyl groups is 2. The lowest BCUT2D eigenvalue weighted by Gasteiger charge is -2.50. The Morgan fingerprint density at radius 2 is 2.04 bits per heavy atom. The molecule has 1 aromatic rings. The monoisotopic (exact) mass is 349 g/mol. The van der Waals surface area contributed by atoms with Gasteiger partial charge in [-0.2, -0.15) is 0 Å². The van der Waals surface area contributed by atoms with E-state index in [4.69, 9.17) is 12.2 Å². The molecule has 1 saturated heterocycles. The molecule has 0 aromatic heterocycles. The van der Waals surface area contributed by atoms with Gasteiger partial charge in [0, 0.05) is 19.2 Å². The molecule has 6 nitrogen and oxygen atoms in total. The maximum absolute atomic E-state index is 13.4. The minimum Gasteiger partial charge on any atom is -0.395 e. The summed E-state index contributed by atoms with van der Waals surface area (Å²) < 4.78 is 0. The van der Waals surface area contributed by atoms with Crippen LogP contribution in [0.1, 0.15) is 31.7 Å². The minimum absolute atomic E-state index is 0.148. The van der Waals surface area contributed by atoms with E-state index in [1.807, 2.05) is 31.2 Å². The predicted molar refractivity (Wildman–Crippen MR) is 95.5 cm³/mol. The average Bonchev–Trinajstić information content (AvgIpc) is 2.80. The van der Waals surface area contributed by atoms with E-state index in [2.05, 4.69) is 5.32 Å². The summed E-state index contributed by atoms with van der Waals surface area (Å²) in [5.41, 5.74) is -1.55. The molecule has 130 valence electrons. The third-order valence-corrected chi connectivity index (χ3v) is 5.44. The number of unbranched alkanes of at least 4 members (excludes halogenated alkanes) is 1. The van der Waals surface area contributed by atoms with Crippen LogP contribution in [0.3, 0.4) is 0 Å². The van der Waals surface area contributed by atoms with Crippen LogP contribution in [-0.4, -0.2) is 51.9 Å². The number of carbonyl (C=O) groups is 1. The lowest BCUT2D eigenvalue weighted by molar-refractivity contribution is -0.150. The van der Waals surface area contributed by atoms with Gasteiger partial charge in [-0.25, -0.2) is 0 Å². The van der Waals surface area contributed by atoms with Crippen LogP contribution >= 0.6 is 12.2 Å². The van der Waals surface area contributed by atoms with Gasteiger partial charge in [0.15, 0.2) is 16.4 Å². The van der Waals surface area contributed by atoms with E-state index in [1.165, 1.54) is 0 Å². The standard InChI is InChI=1S/C17H23N3O3S/c1-3-4-9-16-14(22)19(2)13-8-6-5-7-12(13)17(16,23)18-15(24)20(16)10-11-21/h5-8,21,23H,3-4,9-11H2,1-2H3,(H,18,24). The summed E-state index contributed by atoms with van der Waals surface area (Å²) in [6, 6.07) is 7.31. The highest BCUT2D eigenvalue weighted by atomic mass is 32.1. The summed E-state index contributed by atoms with van der Waals surface area (Å²) in [4.78, 5) is 16.6. The summed E-state index contributed by atoms with van der Waals surface area (Å²) in [6.07, 6.45) is 2.09. The van der Waals surface area contributed by atoms with Crippen molar-refractivity contribution in [2.24, 2.45) is 0 Å². The normalized spacial score (nSPS) is 28.7. The van der Waals surface area contributed by atoms with Crippen LogP contribution in [0, 0.1) is 0 Å². The topological polar surface area (TPSA) is 76.0 Å². The molecule has 0 saturated carbocycles. The van der Waals surface area contributed by atoms with Crippen LogP contribution in [0.25, 0.3) is 0 Å². The number of fused-ring (bicyclic) bond motifs is 3. The van der Waals surface area contributed by atoms with Crippen molar-refractivity contribution in [1.29, 1.82) is 0 Å². The molecule has 2 heterocycles. The van der Waals surface area contributed by atoms with Gasteiger partial charge >= 0.3 is 0 Å². The SMILES string of the molecule is CCCCC12C(=O)N(C)c3ccccc3C1(O)NC(=S)N2CCO. The van der Waals surface area contributed by atoms with E-state index in [0.29, 0.717) is 22.8 Å². The fraction of sp³-hybridized carbons (Fsp3) is 0.529.